The molecule has 0 aromatic rings. The third-order valence-electron chi connectivity index (χ3n) is 0. The molecule has 6 heavy (non-hydrogen) atoms. The summed E-state index contributed by atoms with van der Waals surface area (Å²) in [6.45, 7) is 3.01. The predicted molar refractivity (Wildman–Crippen MR) is 19.9 cm³/mol. The first-order chi connectivity index (χ1) is 1.41. The number of rotatable bonds is 0. The predicted octanol–water partition coefficient (Wildman–Crippen LogP) is -5.92. The molecule has 0 nitrogen and oxygen atoms in total. The van der Waals surface area contributed by atoms with Gasteiger partial charge < -0.3 is 24.8 Å². The van der Waals surface area contributed by atoms with Crippen LogP contribution in [0.2, 0.25) is 0 Å². The summed E-state index contributed by atoms with van der Waals surface area (Å²) in [6, 6.07) is 0. The standard InChI is InChI=1S/C3H3.2ClH.Sb/c1-3-2;;;/h1H,2H2;2*1H;/p-2. The molecule has 0 rings (SSSR count). The van der Waals surface area contributed by atoms with E-state index in [-0.39, 0.29) is 49.2 Å². The van der Waals surface area contributed by atoms with Crippen LogP contribution in [-0.2, 0) is 0 Å². The van der Waals surface area contributed by atoms with E-state index < -0.39 is 0 Å². The zero-order valence-electron chi connectivity index (χ0n) is 2.99. The molecule has 0 bridgehead atoms. The molecule has 0 atom stereocenters. The van der Waals surface area contributed by atoms with Gasteiger partial charge in [-0.3, -0.25) is 0 Å². The molecular weight excluding hydrogens is 229 g/mol. The first-order valence-electron chi connectivity index (χ1n) is 0.642. The maximum absolute atomic E-state index is 4.49. The van der Waals surface area contributed by atoms with Gasteiger partial charge in [0.25, 0.3) is 0 Å². The summed E-state index contributed by atoms with van der Waals surface area (Å²) in [6.07, 6.45) is 4.49. The average Bonchev–Trinajstić information content (AvgIpc) is 0.918. The van der Waals surface area contributed by atoms with Crippen LogP contribution in [0.4, 0.5) is 0 Å². The van der Waals surface area contributed by atoms with Crippen molar-refractivity contribution in [2.24, 2.45) is 0 Å². The van der Waals surface area contributed by atoms with Crippen LogP contribution in [-0.4, -0.2) is 24.4 Å². The number of hydrogen-bond acceptors (Lipinski definition) is 0. The zero-order chi connectivity index (χ0) is 2.71. The maximum atomic E-state index is 4.49. The molecular formula is C3H3Cl2Sb-2. The minimum absolute atomic E-state index is 0. The number of halogens is 2. The van der Waals surface area contributed by atoms with Gasteiger partial charge in [-0.25, -0.2) is 0 Å². The molecule has 0 heterocycles. The van der Waals surface area contributed by atoms with Crippen LogP contribution in [0.25, 0.3) is 0 Å². The molecule has 0 saturated carbocycles. The molecule has 0 aliphatic heterocycles. The van der Waals surface area contributed by atoms with Crippen molar-refractivity contribution in [3.05, 3.63) is 6.92 Å². The van der Waals surface area contributed by atoms with Gasteiger partial charge >= 0.3 is 0 Å². The van der Waals surface area contributed by atoms with Crippen LogP contribution in [0.5, 0.6) is 0 Å². The van der Waals surface area contributed by atoms with Crippen molar-refractivity contribution in [3.63, 3.8) is 0 Å². The minimum Gasteiger partial charge on any atom is -1.00 e. The van der Waals surface area contributed by atoms with Gasteiger partial charge in [0.05, 0.1) is 0 Å². The Morgan fingerprint density at radius 3 is 1.33 bits per heavy atom. The Labute approximate surface area is 68.3 Å². The SMILES string of the molecule is C#C[CH2].[Cl-].[Cl-].[Sb]. The molecule has 0 fully saturated rings. The second-order valence-electron chi connectivity index (χ2n) is 0.204. The molecule has 0 saturated heterocycles. The Balaban J connectivity index is -0.00000000667. The summed E-state index contributed by atoms with van der Waals surface area (Å²) in [7, 11) is 0. The topological polar surface area (TPSA) is 0 Å². The van der Waals surface area contributed by atoms with Crippen LogP contribution < -0.4 is 24.8 Å². The van der Waals surface area contributed by atoms with E-state index in [2.05, 4.69) is 13.3 Å². The van der Waals surface area contributed by atoms with Crippen molar-refractivity contribution >= 4 is 24.4 Å². The number of terminal acetylenes is 1. The molecule has 0 aromatic carbocycles. The van der Waals surface area contributed by atoms with E-state index >= 15 is 0 Å². The van der Waals surface area contributed by atoms with Crippen LogP contribution in [0.15, 0.2) is 0 Å². The monoisotopic (exact) mass is 230 g/mol. The van der Waals surface area contributed by atoms with Crippen LogP contribution in [0, 0.1) is 19.3 Å². The van der Waals surface area contributed by atoms with E-state index in [1.165, 1.54) is 0 Å². The van der Waals surface area contributed by atoms with Gasteiger partial charge in [-0.15, -0.1) is 12.3 Å². The molecule has 0 unspecified atom stereocenters. The van der Waals surface area contributed by atoms with Crippen molar-refractivity contribution in [1.82, 2.24) is 0 Å². The molecule has 0 amide bonds. The van der Waals surface area contributed by atoms with E-state index in [4.69, 9.17) is 0 Å². The molecule has 0 aromatic heterocycles. The summed E-state index contributed by atoms with van der Waals surface area (Å²) in [5.74, 6) is 2.00. The van der Waals surface area contributed by atoms with Gasteiger partial charge in [0.15, 0.2) is 0 Å². The van der Waals surface area contributed by atoms with E-state index in [0.29, 0.717) is 0 Å². The Morgan fingerprint density at radius 2 is 1.33 bits per heavy atom. The Hall–Kier alpha value is 0.958. The van der Waals surface area contributed by atoms with Crippen LogP contribution >= 0.6 is 0 Å². The molecule has 4 radical (unpaired) electrons. The van der Waals surface area contributed by atoms with Gasteiger partial charge in [0.2, 0.25) is 0 Å². The van der Waals surface area contributed by atoms with Crippen LogP contribution in [0.1, 0.15) is 0 Å². The third-order valence-corrected chi connectivity index (χ3v) is 0. The van der Waals surface area contributed by atoms with E-state index in [0.717, 1.165) is 0 Å². The van der Waals surface area contributed by atoms with Crippen molar-refractivity contribution in [2.75, 3.05) is 0 Å². The summed E-state index contributed by atoms with van der Waals surface area (Å²) < 4.78 is 0. The molecule has 3 heteroatoms. The molecule has 0 spiro atoms. The fourth-order valence-corrected chi connectivity index (χ4v) is 0. The summed E-state index contributed by atoms with van der Waals surface area (Å²) in [5, 5.41) is 0. The number of hydrogen-bond donors (Lipinski definition) is 0. The van der Waals surface area contributed by atoms with Gasteiger partial charge in [0, 0.05) is 31.4 Å². The van der Waals surface area contributed by atoms with Crippen molar-refractivity contribution in [3.8, 4) is 12.3 Å². The maximum Gasteiger partial charge on any atom is 0.0196 e. The van der Waals surface area contributed by atoms with Gasteiger partial charge in [-0.05, 0) is 0 Å². The molecule has 0 aliphatic rings. The zero-order valence-corrected chi connectivity index (χ0v) is 7.05. The van der Waals surface area contributed by atoms with Crippen molar-refractivity contribution in [2.45, 2.75) is 0 Å². The summed E-state index contributed by atoms with van der Waals surface area (Å²) >= 11 is 0. The second kappa shape index (κ2) is 38.2. The van der Waals surface area contributed by atoms with E-state index in [9.17, 15) is 0 Å². The summed E-state index contributed by atoms with van der Waals surface area (Å²) in [4.78, 5) is 0. The molecule has 36 valence electrons. The second-order valence-corrected chi connectivity index (χ2v) is 0.204. The first-order valence-corrected chi connectivity index (χ1v) is 0.642. The summed E-state index contributed by atoms with van der Waals surface area (Å²) in [5.41, 5.74) is 0. The average molecular weight is 232 g/mol. The quantitative estimate of drug-likeness (QED) is 0.288. The Kier molecular flexibility index (Phi) is 180. The normalized spacial score (nSPS) is 1.33. The van der Waals surface area contributed by atoms with Crippen molar-refractivity contribution in [1.29, 1.82) is 0 Å². The van der Waals surface area contributed by atoms with E-state index in [1.54, 1.807) is 0 Å². The van der Waals surface area contributed by atoms with E-state index in [1.807, 2.05) is 5.92 Å². The largest absolute Gasteiger partial charge is 1.00 e. The van der Waals surface area contributed by atoms with Gasteiger partial charge in [-0.2, -0.15) is 0 Å². The van der Waals surface area contributed by atoms with Crippen LogP contribution in [0.3, 0.4) is 0 Å². The van der Waals surface area contributed by atoms with Gasteiger partial charge in [0.1, 0.15) is 0 Å². The fraction of sp³-hybridized carbons (Fsp3) is 0. The fourth-order valence-electron chi connectivity index (χ4n) is 0. The third kappa shape index (κ3) is 84.6. The molecule has 0 aliphatic carbocycles. The Bertz CT molecular complexity index is 30.3. The smallest absolute Gasteiger partial charge is 0.0196 e. The molecule has 0 N–H and O–H groups in total. The minimum atomic E-state index is 0. The van der Waals surface area contributed by atoms with Crippen molar-refractivity contribution < 1.29 is 24.8 Å². The first kappa shape index (κ1) is 28.2. The Morgan fingerprint density at radius 1 is 1.33 bits per heavy atom. The van der Waals surface area contributed by atoms with Gasteiger partial charge in [-0.1, -0.05) is 0 Å².